The van der Waals surface area contributed by atoms with Crippen LogP contribution in [0, 0.1) is 5.41 Å². The number of likely N-dealkylation sites (N-methyl/N-ethyl adjacent to an activating group) is 2. The van der Waals surface area contributed by atoms with Crippen molar-refractivity contribution in [3.8, 4) is 29.0 Å². The Kier molecular flexibility index (Phi) is 13.6. The number of amides is 4. The monoisotopic (exact) mass is 900 g/mol. The number of ether oxygens (including phenoxy) is 3. The molecule has 3 aromatic heterocycles. The van der Waals surface area contributed by atoms with E-state index in [1.807, 2.05) is 27.7 Å². The van der Waals surface area contributed by atoms with Gasteiger partial charge in [-0.25, -0.2) is 9.97 Å². The highest BCUT2D eigenvalue weighted by molar-refractivity contribution is 6.30. The minimum Gasteiger partial charge on any atom is -0.488 e. The number of nitrogens with zero attached hydrogens (tertiary/aromatic N) is 9. The van der Waals surface area contributed by atoms with Gasteiger partial charge in [0.05, 0.1) is 48.8 Å². The molecule has 1 saturated carbocycles. The lowest BCUT2D eigenvalue weighted by atomic mass is 9.61. The Morgan fingerprint density at radius 1 is 1.09 bits per heavy atom. The molecule has 2 fully saturated rings. The van der Waals surface area contributed by atoms with Crippen LogP contribution in [0.15, 0.2) is 41.5 Å². The Bertz CT molecular complexity index is 2490. The van der Waals surface area contributed by atoms with Gasteiger partial charge in [-0.1, -0.05) is 17.7 Å². The number of rotatable bonds is 18. The molecule has 7 rings (SSSR count). The molecule has 5 heterocycles. The first-order valence-electron chi connectivity index (χ1n) is 21.1. The summed E-state index contributed by atoms with van der Waals surface area (Å²) < 4.78 is 20.5. The molecule has 1 aliphatic carbocycles. The van der Waals surface area contributed by atoms with Gasteiger partial charge in [-0.3, -0.25) is 28.9 Å². The van der Waals surface area contributed by atoms with Crippen LogP contribution in [0.25, 0.3) is 11.4 Å². The van der Waals surface area contributed by atoms with E-state index in [2.05, 4.69) is 15.3 Å². The molecule has 4 aromatic rings. The van der Waals surface area contributed by atoms with Crippen LogP contribution in [0.1, 0.15) is 67.5 Å². The number of fused-ring (bicyclic) bond motifs is 1. The first kappa shape index (κ1) is 45.5. The molecule has 1 aromatic carbocycles. The Morgan fingerprint density at radius 3 is 2.52 bits per heavy atom. The van der Waals surface area contributed by atoms with Crippen LogP contribution in [-0.2, 0) is 39.3 Å². The van der Waals surface area contributed by atoms with E-state index in [1.54, 1.807) is 33.1 Å². The van der Waals surface area contributed by atoms with Crippen molar-refractivity contribution in [2.75, 3.05) is 63.2 Å². The lowest BCUT2D eigenvalue weighted by Gasteiger charge is -2.52. The van der Waals surface area contributed by atoms with Crippen molar-refractivity contribution < 1.29 is 38.2 Å². The van der Waals surface area contributed by atoms with E-state index in [0.717, 1.165) is 32.0 Å². The van der Waals surface area contributed by atoms with E-state index in [0.29, 0.717) is 78.1 Å². The molecule has 19 nitrogen and oxygen atoms in total. The first-order valence-corrected chi connectivity index (χ1v) is 21.5. The highest BCUT2D eigenvalue weighted by Gasteiger charge is 2.48. The van der Waals surface area contributed by atoms with Crippen LogP contribution >= 0.6 is 11.6 Å². The summed E-state index contributed by atoms with van der Waals surface area (Å²) in [5.74, 6) is 0.423. The molecule has 0 radical (unpaired) electrons. The van der Waals surface area contributed by atoms with Crippen LogP contribution in [-0.4, -0.2) is 120 Å². The fourth-order valence-corrected chi connectivity index (χ4v) is 9.38. The Hall–Kier alpha value is -6.50. The van der Waals surface area contributed by atoms with Gasteiger partial charge < -0.3 is 48.2 Å². The van der Waals surface area contributed by atoms with Gasteiger partial charge in [0.25, 0.3) is 11.5 Å². The lowest BCUT2D eigenvalue weighted by Crippen LogP contribution is -2.52. The number of hydrogen-bond donors (Lipinski definition) is 1. The van der Waals surface area contributed by atoms with E-state index in [-0.39, 0.29) is 71.6 Å². The largest absolute Gasteiger partial charge is 0.488 e. The zero-order valence-corrected chi connectivity index (χ0v) is 37.6. The van der Waals surface area contributed by atoms with Crippen molar-refractivity contribution in [1.29, 1.82) is 0 Å². The topological polar surface area (TPSA) is 204 Å². The summed E-state index contributed by atoms with van der Waals surface area (Å²) in [7, 11) is 9.41. The molecule has 64 heavy (non-hydrogen) atoms. The molecule has 340 valence electrons. The van der Waals surface area contributed by atoms with Gasteiger partial charge >= 0.3 is 6.01 Å². The number of pyridine rings is 1. The molecule has 1 spiro atoms. The maximum Gasteiger partial charge on any atom is 0.319 e. The molecule has 20 heteroatoms. The summed E-state index contributed by atoms with van der Waals surface area (Å²) in [5.41, 5.74) is 2.09. The smallest absolute Gasteiger partial charge is 0.319 e. The average molecular weight is 901 g/mol. The molecule has 1 N–H and O–H groups in total. The maximum absolute atomic E-state index is 13.9. The Morgan fingerprint density at radius 2 is 1.84 bits per heavy atom. The third-order valence-corrected chi connectivity index (χ3v) is 12.8. The van der Waals surface area contributed by atoms with E-state index in [9.17, 15) is 28.8 Å². The van der Waals surface area contributed by atoms with E-state index >= 15 is 0 Å². The van der Waals surface area contributed by atoms with Gasteiger partial charge in [-0.15, -0.1) is 0 Å². The van der Waals surface area contributed by atoms with Crippen molar-refractivity contribution in [1.82, 2.24) is 34.3 Å². The minimum atomic E-state index is -0.637. The predicted octanol–water partition coefficient (Wildman–Crippen LogP) is 3.62. The number of likely N-dealkylation sites (tertiary alicyclic amines) is 1. The normalized spacial score (nSPS) is 15.9. The van der Waals surface area contributed by atoms with Crippen molar-refractivity contribution >= 4 is 59.1 Å². The second-order valence-corrected chi connectivity index (χ2v) is 16.9. The number of carbonyl (C=O) groups is 5. The molecule has 3 aliphatic rings. The van der Waals surface area contributed by atoms with Crippen LogP contribution in [0.5, 0.6) is 17.6 Å². The molecule has 1 saturated heterocycles. The third kappa shape index (κ3) is 8.85. The van der Waals surface area contributed by atoms with Gasteiger partial charge in [0.1, 0.15) is 35.3 Å². The molecule has 1 atom stereocenters. The highest BCUT2D eigenvalue weighted by Crippen LogP contribution is 2.52. The number of methoxy groups -OCH3 is 2. The lowest BCUT2D eigenvalue weighted by molar-refractivity contribution is -0.136. The number of imidazole rings is 1. The molecule has 1 unspecified atom stereocenters. The van der Waals surface area contributed by atoms with Crippen LogP contribution in [0.2, 0.25) is 5.02 Å². The molecule has 2 aliphatic heterocycles. The quantitative estimate of drug-likeness (QED) is 0.142. The summed E-state index contributed by atoms with van der Waals surface area (Å²) in [6, 6.07) is 6.39. The second kappa shape index (κ2) is 19.1. The zero-order valence-electron chi connectivity index (χ0n) is 36.8. The summed E-state index contributed by atoms with van der Waals surface area (Å²) in [4.78, 5) is 96.6. The van der Waals surface area contributed by atoms with Crippen LogP contribution in [0.4, 0.5) is 17.1 Å². The Labute approximate surface area is 375 Å². The van der Waals surface area contributed by atoms with Crippen molar-refractivity contribution in [2.24, 2.45) is 12.5 Å². The summed E-state index contributed by atoms with van der Waals surface area (Å²) in [5, 5.41) is 2.97. The number of benzene rings is 1. The Balaban J connectivity index is 1.000. The number of aromatic nitrogens is 5. The van der Waals surface area contributed by atoms with Crippen molar-refractivity contribution in [3.05, 3.63) is 63.4 Å². The standard InChI is InChI=1S/C44H53ClN10O9/c1-46-39(59)31(11-9-19-56)52(4)30-10-7-12-34(37(30)51(3)26-57)64-28-21-44(22-28)14-17-53(18-15-44)35(58)13-8-16-54-33-25-55(32-20-27(45)24-50(2)41(32)60)42(61)36(33)48-38(54)29-23-47-43(63-6)49-40(29)62-5/h7,10,12,19-20,23-24,26,28,31H,8-9,11,13-18,21-22,25H2,1-6H3,(H,46,59). The molecular formula is C44H53ClN10O9. The van der Waals surface area contributed by atoms with Gasteiger partial charge in [0.2, 0.25) is 24.1 Å². The van der Waals surface area contributed by atoms with E-state index in [4.69, 9.17) is 30.8 Å². The number of piperidine rings is 1. The molecule has 4 amide bonds. The van der Waals surface area contributed by atoms with Gasteiger partial charge in [0.15, 0.2) is 5.69 Å². The predicted molar refractivity (Wildman–Crippen MR) is 237 cm³/mol. The number of aldehydes is 1. The SMILES string of the molecule is CNC(=O)C(CCC=O)N(C)c1cccc(OC2CC3(CCN(C(=O)CCCn4c(-c5cnc(OC)nc5OC)nc5c4CN(c4cc(Cl)cn(C)c4=O)C5=O)CC3)C2)c1N(C)C=O. The van der Waals surface area contributed by atoms with Crippen molar-refractivity contribution in [2.45, 2.75) is 76.6 Å². The number of carbonyl (C=O) groups excluding carboxylic acids is 5. The van der Waals surface area contributed by atoms with Gasteiger partial charge in [0, 0.05) is 73.1 Å². The summed E-state index contributed by atoms with van der Waals surface area (Å²) >= 11 is 6.29. The second-order valence-electron chi connectivity index (χ2n) is 16.5. The maximum atomic E-state index is 13.9. The van der Waals surface area contributed by atoms with E-state index < -0.39 is 11.9 Å². The van der Waals surface area contributed by atoms with E-state index in [1.165, 1.54) is 47.0 Å². The fraction of sp³-hybridized carbons (Fsp3) is 0.477. The third-order valence-electron chi connectivity index (χ3n) is 12.6. The zero-order chi connectivity index (χ0) is 45.9. The summed E-state index contributed by atoms with van der Waals surface area (Å²) in [6.07, 6.45) is 8.81. The van der Waals surface area contributed by atoms with Crippen molar-refractivity contribution in [3.63, 3.8) is 0 Å². The number of anilines is 3. The van der Waals surface area contributed by atoms with Crippen LogP contribution < -0.4 is 39.8 Å². The summed E-state index contributed by atoms with van der Waals surface area (Å²) in [6.45, 7) is 1.60. The number of para-hydroxylation sites is 1. The highest BCUT2D eigenvalue weighted by atomic mass is 35.5. The number of halogens is 1. The average Bonchev–Trinajstić information content (AvgIpc) is 3.81. The number of hydrogen-bond acceptors (Lipinski definition) is 13. The van der Waals surface area contributed by atoms with Gasteiger partial charge in [-0.2, -0.15) is 4.98 Å². The fourth-order valence-electron chi connectivity index (χ4n) is 9.13. The minimum absolute atomic E-state index is 0.0245. The number of aryl methyl sites for hydroxylation is 1. The number of nitrogens with one attached hydrogen (secondary N) is 1. The van der Waals surface area contributed by atoms with Gasteiger partial charge in [-0.05, 0) is 62.1 Å². The first-order chi connectivity index (χ1) is 30.8. The van der Waals surface area contributed by atoms with Crippen LogP contribution in [0.3, 0.4) is 0 Å². The molecular weight excluding hydrogens is 848 g/mol. The molecule has 0 bridgehead atoms.